The number of carboxylic acid groups (broad SMARTS) is 3. The zero-order chi connectivity index (χ0) is 15.5. The number of carboxylic acids is 3. The molecule has 1 radical (unpaired) electrons. The summed E-state index contributed by atoms with van der Waals surface area (Å²) in [5.74, 6) is -2.81. The third kappa shape index (κ3) is 31.6. The van der Waals surface area contributed by atoms with E-state index in [1.54, 1.807) is 0 Å². The summed E-state index contributed by atoms with van der Waals surface area (Å²) >= 11 is 0. The third-order valence-corrected chi connectivity index (χ3v) is 1.10. The molecule has 0 aliphatic carbocycles. The third-order valence-electron chi connectivity index (χ3n) is 1.10. The Labute approximate surface area is 143 Å². The Morgan fingerprint density at radius 1 is 0.632 bits per heavy atom. The van der Waals surface area contributed by atoms with E-state index in [0.29, 0.717) is 0 Å². The van der Waals surface area contributed by atoms with Gasteiger partial charge in [0, 0.05) is 55.3 Å². The van der Waals surface area contributed by atoms with Crippen LogP contribution >= 0.6 is 0 Å². The molecule has 7 heteroatoms. The summed E-state index contributed by atoms with van der Waals surface area (Å²) in [4.78, 5) is 28.8. The number of hydrogen-bond acceptors (Lipinski definition) is 3. The van der Waals surface area contributed by atoms with E-state index in [1.165, 1.54) is 20.8 Å². The number of hydrogen-bond donors (Lipinski definition) is 3. The fraction of sp³-hybridized carbons (Fsp3) is 0.250. The Morgan fingerprint density at radius 3 is 0.684 bits per heavy atom. The molecule has 0 atom stereocenters. The molecule has 0 fully saturated rings. The molecule has 19 heavy (non-hydrogen) atoms. The van der Waals surface area contributed by atoms with Crippen molar-refractivity contribution in [1.29, 1.82) is 0 Å². The maximum Gasteiger partial charge on any atom is 0.330 e. The van der Waals surface area contributed by atoms with Gasteiger partial charge in [-0.15, -0.1) is 0 Å². The minimum absolute atomic E-state index is 0. The molecule has 0 aliphatic heterocycles. The van der Waals surface area contributed by atoms with Crippen LogP contribution in [0.2, 0.25) is 0 Å². The average Bonchev–Trinajstić information content (AvgIpc) is 2.18. The van der Waals surface area contributed by atoms with Gasteiger partial charge in [-0.1, -0.05) is 19.7 Å². The molecule has 0 spiro atoms. The first-order valence-electron chi connectivity index (χ1n) is 4.59. The molecule has 0 amide bonds. The zero-order valence-corrected chi connectivity index (χ0v) is 13.2. The predicted molar refractivity (Wildman–Crippen MR) is 67.3 cm³/mol. The summed E-state index contributed by atoms with van der Waals surface area (Å²) < 4.78 is 0. The van der Waals surface area contributed by atoms with Gasteiger partial charge in [0.05, 0.1) is 0 Å². The molecule has 3 N–H and O–H groups in total. The first-order chi connectivity index (χ1) is 7.93. The molecule has 6 nitrogen and oxygen atoms in total. The largest absolute Gasteiger partial charge is 0.478 e. The smallest absolute Gasteiger partial charge is 0.330 e. The SMILES string of the molecule is C=C(C)C(=O)O.C=C(C)C(=O)O.C=C(C)C(=O)O.[Tb]. The molecule has 0 unspecified atom stereocenters. The van der Waals surface area contributed by atoms with Gasteiger partial charge >= 0.3 is 17.9 Å². The van der Waals surface area contributed by atoms with Crippen LogP contribution < -0.4 is 0 Å². The second kappa shape index (κ2) is 15.0. The van der Waals surface area contributed by atoms with Crippen LogP contribution in [-0.2, 0) is 14.4 Å². The maximum absolute atomic E-state index is 9.60. The van der Waals surface area contributed by atoms with Crippen LogP contribution in [0.4, 0.5) is 0 Å². The number of rotatable bonds is 3. The minimum Gasteiger partial charge on any atom is -0.478 e. The molecule has 0 rings (SSSR count). The van der Waals surface area contributed by atoms with Crippen molar-refractivity contribution in [2.75, 3.05) is 0 Å². The van der Waals surface area contributed by atoms with Gasteiger partial charge in [0.25, 0.3) is 0 Å². The van der Waals surface area contributed by atoms with Crippen LogP contribution in [0, 0.1) is 38.6 Å². The van der Waals surface area contributed by atoms with Crippen LogP contribution in [-0.4, -0.2) is 33.2 Å². The van der Waals surface area contributed by atoms with E-state index in [-0.39, 0.29) is 55.3 Å². The summed E-state index contributed by atoms with van der Waals surface area (Å²) in [7, 11) is 0. The van der Waals surface area contributed by atoms with Gasteiger partial charge in [-0.2, -0.15) is 0 Å². The van der Waals surface area contributed by atoms with Crippen molar-refractivity contribution in [1.82, 2.24) is 0 Å². The first-order valence-corrected chi connectivity index (χ1v) is 4.59. The van der Waals surface area contributed by atoms with Crippen molar-refractivity contribution in [3.8, 4) is 0 Å². The Kier molecular flexibility index (Phi) is 20.9. The quantitative estimate of drug-likeness (QED) is 0.606. The van der Waals surface area contributed by atoms with Crippen LogP contribution in [0.1, 0.15) is 20.8 Å². The van der Waals surface area contributed by atoms with Crippen LogP contribution in [0.25, 0.3) is 0 Å². The average molecular weight is 417 g/mol. The predicted octanol–water partition coefficient (Wildman–Crippen LogP) is 1.94. The van der Waals surface area contributed by atoms with Crippen LogP contribution in [0.15, 0.2) is 36.5 Å². The standard InChI is InChI=1S/3C4H6O2.Tb/c3*1-3(2)4(5)6;/h3*1H2,2H3,(H,5,6);. The van der Waals surface area contributed by atoms with Crippen molar-refractivity contribution in [2.24, 2.45) is 0 Å². The fourth-order valence-corrected chi connectivity index (χ4v) is 0. The molecule has 111 valence electrons. The summed E-state index contributed by atoms with van der Waals surface area (Å²) in [5.41, 5.74) is 0.528. The zero-order valence-electron chi connectivity index (χ0n) is 11.0. The Balaban J connectivity index is -0.0000000865. The van der Waals surface area contributed by atoms with Gasteiger partial charge < -0.3 is 15.3 Å². The summed E-state index contributed by atoms with van der Waals surface area (Å²) in [6.07, 6.45) is 0. The van der Waals surface area contributed by atoms with E-state index in [0.717, 1.165) is 0 Å². The summed E-state index contributed by atoms with van der Waals surface area (Å²) in [6.45, 7) is 13.8. The van der Waals surface area contributed by atoms with Crippen LogP contribution in [0.5, 0.6) is 0 Å². The molecule has 0 aliphatic rings. The second-order valence-corrected chi connectivity index (χ2v) is 3.26. The Morgan fingerprint density at radius 2 is 0.684 bits per heavy atom. The topological polar surface area (TPSA) is 112 Å². The van der Waals surface area contributed by atoms with Gasteiger partial charge in [-0.25, -0.2) is 14.4 Å². The Bertz CT molecular complexity index is 277. The van der Waals surface area contributed by atoms with Crippen molar-refractivity contribution in [3.63, 3.8) is 0 Å². The van der Waals surface area contributed by atoms with Crippen molar-refractivity contribution < 1.29 is 68.3 Å². The van der Waals surface area contributed by atoms with E-state index < -0.39 is 17.9 Å². The molecule has 0 bridgehead atoms. The van der Waals surface area contributed by atoms with E-state index >= 15 is 0 Å². The maximum atomic E-state index is 9.60. The molecule has 0 heterocycles. The van der Waals surface area contributed by atoms with E-state index in [1.807, 2.05) is 0 Å². The van der Waals surface area contributed by atoms with E-state index in [2.05, 4.69) is 19.7 Å². The molecule has 0 aromatic rings. The Hall–Kier alpha value is -1.08. The van der Waals surface area contributed by atoms with Crippen molar-refractivity contribution in [3.05, 3.63) is 36.5 Å². The van der Waals surface area contributed by atoms with Crippen molar-refractivity contribution >= 4 is 17.9 Å². The molecular weight excluding hydrogens is 399 g/mol. The molecule has 0 aromatic carbocycles. The first kappa shape index (κ1) is 26.5. The number of carbonyl (C=O) groups is 3. The van der Waals surface area contributed by atoms with Gasteiger partial charge in [0.1, 0.15) is 0 Å². The fourth-order valence-electron chi connectivity index (χ4n) is 0. The van der Waals surface area contributed by atoms with Gasteiger partial charge in [-0.3, -0.25) is 0 Å². The monoisotopic (exact) mass is 417 g/mol. The van der Waals surface area contributed by atoms with E-state index in [4.69, 9.17) is 15.3 Å². The normalized spacial score (nSPS) is 7.11. The number of aliphatic carboxylic acids is 3. The second-order valence-electron chi connectivity index (χ2n) is 3.26. The summed E-state index contributed by atoms with van der Waals surface area (Å²) in [5, 5.41) is 23.7. The summed E-state index contributed by atoms with van der Waals surface area (Å²) in [6, 6.07) is 0. The molecule has 0 aromatic heterocycles. The minimum atomic E-state index is -0.935. The van der Waals surface area contributed by atoms with Gasteiger partial charge in [0.15, 0.2) is 0 Å². The van der Waals surface area contributed by atoms with Gasteiger partial charge in [0.2, 0.25) is 0 Å². The van der Waals surface area contributed by atoms with Gasteiger partial charge in [-0.05, 0) is 20.8 Å². The van der Waals surface area contributed by atoms with E-state index in [9.17, 15) is 14.4 Å². The van der Waals surface area contributed by atoms with Crippen LogP contribution in [0.3, 0.4) is 0 Å². The molecule has 0 saturated carbocycles. The molecule has 0 saturated heterocycles. The molecular formula is C12H18O6Tb. The van der Waals surface area contributed by atoms with Crippen molar-refractivity contribution in [2.45, 2.75) is 20.8 Å².